The lowest BCUT2D eigenvalue weighted by Crippen LogP contribution is -2.34. The summed E-state index contributed by atoms with van der Waals surface area (Å²) in [5, 5.41) is 0. The first kappa shape index (κ1) is 8.83. The Kier molecular flexibility index (Phi) is 1.90. The second kappa shape index (κ2) is 2.36. The van der Waals surface area contributed by atoms with E-state index < -0.39 is 0 Å². The highest BCUT2D eigenvalue weighted by atomic mass is 14.5. The Morgan fingerprint density at radius 3 is 2.09 bits per heavy atom. The van der Waals surface area contributed by atoms with Gasteiger partial charge in [0.25, 0.3) is 0 Å². The molecule has 0 heterocycles. The van der Waals surface area contributed by atoms with E-state index in [4.69, 9.17) is 0 Å². The van der Waals surface area contributed by atoms with Crippen molar-refractivity contribution in [2.45, 2.75) is 41.0 Å². The number of allylic oxidation sites excluding steroid dienone is 2. The molecule has 0 aliphatic heterocycles. The van der Waals surface area contributed by atoms with Crippen LogP contribution in [0, 0.1) is 16.7 Å². The molecule has 1 aliphatic rings. The lowest BCUT2D eigenvalue weighted by atomic mass is 9.63. The van der Waals surface area contributed by atoms with Crippen LogP contribution in [0.3, 0.4) is 0 Å². The first-order valence-electron chi connectivity index (χ1n) is 4.55. The van der Waals surface area contributed by atoms with E-state index >= 15 is 0 Å². The van der Waals surface area contributed by atoms with Gasteiger partial charge >= 0.3 is 0 Å². The van der Waals surface area contributed by atoms with Gasteiger partial charge in [-0.25, -0.2) is 0 Å². The molecule has 64 valence electrons. The largest absolute Gasteiger partial charge is 0.0877 e. The molecule has 0 spiro atoms. The molecule has 1 rings (SSSR count). The number of hydrogen-bond donors (Lipinski definition) is 0. The maximum atomic E-state index is 2.40. The lowest BCUT2D eigenvalue weighted by molar-refractivity contribution is 0.112. The summed E-state index contributed by atoms with van der Waals surface area (Å²) in [7, 11) is 0. The zero-order chi connectivity index (χ0) is 8.70. The topological polar surface area (TPSA) is 0 Å². The Balaban J connectivity index is 2.90. The highest BCUT2D eigenvalue weighted by Crippen LogP contribution is 2.50. The van der Waals surface area contributed by atoms with E-state index in [-0.39, 0.29) is 0 Å². The first-order chi connectivity index (χ1) is 4.88. The van der Waals surface area contributed by atoms with Crippen molar-refractivity contribution in [1.29, 1.82) is 0 Å². The Bertz CT molecular complexity index is 171. The van der Waals surface area contributed by atoms with Crippen LogP contribution in [-0.4, -0.2) is 0 Å². The third kappa shape index (κ3) is 1.23. The molecular weight excluding hydrogens is 132 g/mol. The molecule has 0 fully saturated rings. The number of hydrogen-bond acceptors (Lipinski definition) is 0. The van der Waals surface area contributed by atoms with Crippen LogP contribution in [0.1, 0.15) is 41.0 Å². The molecular formula is C11H20. The van der Waals surface area contributed by atoms with E-state index in [9.17, 15) is 0 Å². The molecule has 0 amide bonds. The van der Waals surface area contributed by atoms with Crippen molar-refractivity contribution in [3.8, 4) is 0 Å². The summed E-state index contributed by atoms with van der Waals surface area (Å²) < 4.78 is 0. The van der Waals surface area contributed by atoms with E-state index in [0.717, 1.165) is 5.92 Å². The highest BCUT2D eigenvalue weighted by Gasteiger charge is 2.41. The monoisotopic (exact) mass is 152 g/mol. The molecule has 0 aromatic heterocycles. The van der Waals surface area contributed by atoms with Crippen molar-refractivity contribution in [1.82, 2.24) is 0 Å². The van der Waals surface area contributed by atoms with Crippen molar-refractivity contribution in [2.24, 2.45) is 16.7 Å². The number of rotatable bonds is 0. The molecule has 0 N–H and O–H groups in total. The zero-order valence-electron chi connectivity index (χ0n) is 8.44. The van der Waals surface area contributed by atoms with Crippen LogP contribution < -0.4 is 0 Å². The van der Waals surface area contributed by atoms with E-state index in [1.54, 1.807) is 0 Å². The van der Waals surface area contributed by atoms with Crippen molar-refractivity contribution in [2.75, 3.05) is 0 Å². The predicted octanol–water partition coefficient (Wildman–Crippen LogP) is 3.63. The molecule has 0 bridgehead atoms. The van der Waals surface area contributed by atoms with Gasteiger partial charge < -0.3 is 0 Å². The quantitative estimate of drug-likeness (QED) is 0.465. The molecule has 0 radical (unpaired) electrons. The van der Waals surface area contributed by atoms with E-state index in [0.29, 0.717) is 10.8 Å². The smallest absolute Gasteiger partial charge is 0.00695 e. The molecule has 1 unspecified atom stereocenters. The van der Waals surface area contributed by atoms with Crippen molar-refractivity contribution >= 4 is 0 Å². The van der Waals surface area contributed by atoms with Crippen LogP contribution in [0.4, 0.5) is 0 Å². The lowest BCUT2D eigenvalue weighted by Gasteiger charge is -2.41. The minimum atomic E-state index is 0.402. The summed E-state index contributed by atoms with van der Waals surface area (Å²) in [5.74, 6) is 0.808. The standard InChI is InChI=1S/C11H20/c1-9-7-6-8-11(9,5)10(2,3)4/h6,8-9H,7H2,1-5H3/t9?,11-/m0/s1. The third-order valence-corrected chi connectivity index (χ3v) is 3.59. The normalized spacial score (nSPS) is 38.1. The Labute approximate surface area is 70.7 Å². The average Bonchev–Trinajstić information content (AvgIpc) is 2.12. The molecule has 0 aromatic carbocycles. The zero-order valence-corrected chi connectivity index (χ0v) is 8.44. The van der Waals surface area contributed by atoms with Crippen LogP contribution >= 0.6 is 0 Å². The average molecular weight is 152 g/mol. The van der Waals surface area contributed by atoms with Gasteiger partial charge in [0, 0.05) is 0 Å². The van der Waals surface area contributed by atoms with Crippen LogP contribution in [0.15, 0.2) is 12.2 Å². The van der Waals surface area contributed by atoms with Crippen LogP contribution in [0.2, 0.25) is 0 Å². The maximum Gasteiger partial charge on any atom is -0.00695 e. The molecule has 0 aromatic rings. The predicted molar refractivity (Wildman–Crippen MR) is 50.5 cm³/mol. The van der Waals surface area contributed by atoms with Gasteiger partial charge in [-0.3, -0.25) is 0 Å². The first-order valence-corrected chi connectivity index (χ1v) is 4.55. The maximum absolute atomic E-state index is 2.40. The molecule has 0 saturated carbocycles. The summed E-state index contributed by atoms with van der Waals surface area (Å²) in [6.45, 7) is 11.7. The van der Waals surface area contributed by atoms with Gasteiger partial charge in [0.15, 0.2) is 0 Å². The summed E-state index contributed by atoms with van der Waals surface area (Å²) in [4.78, 5) is 0. The summed E-state index contributed by atoms with van der Waals surface area (Å²) in [6.07, 6.45) is 5.99. The van der Waals surface area contributed by atoms with Crippen molar-refractivity contribution < 1.29 is 0 Å². The molecule has 0 heteroatoms. The van der Waals surface area contributed by atoms with Crippen LogP contribution in [0.25, 0.3) is 0 Å². The second-order valence-corrected chi connectivity index (χ2v) is 5.07. The Morgan fingerprint density at radius 2 is 1.91 bits per heavy atom. The van der Waals surface area contributed by atoms with Crippen molar-refractivity contribution in [3.63, 3.8) is 0 Å². The summed E-state index contributed by atoms with van der Waals surface area (Å²) in [6, 6.07) is 0. The summed E-state index contributed by atoms with van der Waals surface area (Å²) >= 11 is 0. The van der Waals surface area contributed by atoms with Crippen molar-refractivity contribution in [3.05, 3.63) is 12.2 Å². The van der Waals surface area contributed by atoms with Crippen LogP contribution in [0.5, 0.6) is 0 Å². The molecule has 11 heavy (non-hydrogen) atoms. The van der Waals surface area contributed by atoms with Gasteiger partial charge in [-0.15, -0.1) is 0 Å². The van der Waals surface area contributed by atoms with E-state index in [1.165, 1.54) is 6.42 Å². The molecule has 1 aliphatic carbocycles. The van der Waals surface area contributed by atoms with Crippen LogP contribution in [-0.2, 0) is 0 Å². The van der Waals surface area contributed by atoms with E-state index in [2.05, 4.69) is 46.8 Å². The second-order valence-electron chi connectivity index (χ2n) is 5.07. The summed E-state index contributed by atoms with van der Waals surface area (Å²) in [5.41, 5.74) is 0.812. The van der Waals surface area contributed by atoms with Gasteiger partial charge in [0.05, 0.1) is 0 Å². The van der Waals surface area contributed by atoms with Gasteiger partial charge in [-0.1, -0.05) is 46.8 Å². The highest BCUT2D eigenvalue weighted by molar-refractivity contribution is 5.12. The Morgan fingerprint density at radius 1 is 1.36 bits per heavy atom. The van der Waals surface area contributed by atoms with Gasteiger partial charge in [-0.05, 0) is 23.2 Å². The minimum Gasteiger partial charge on any atom is -0.0877 e. The fourth-order valence-electron chi connectivity index (χ4n) is 1.92. The Hall–Kier alpha value is -0.260. The SMILES string of the molecule is CC1CC=C[C@]1(C)C(C)(C)C. The third-order valence-electron chi connectivity index (χ3n) is 3.59. The molecule has 0 nitrogen and oxygen atoms in total. The molecule has 2 atom stereocenters. The van der Waals surface area contributed by atoms with Gasteiger partial charge in [0.1, 0.15) is 0 Å². The van der Waals surface area contributed by atoms with Gasteiger partial charge in [0.2, 0.25) is 0 Å². The molecule has 0 saturated heterocycles. The minimum absolute atomic E-state index is 0.402. The fourth-order valence-corrected chi connectivity index (χ4v) is 1.92. The fraction of sp³-hybridized carbons (Fsp3) is 0.818. The van der Waals surface area contributed by atoms with Gasteiger partial charge in [-0.2, -0.15) is 0 Å². The van der Waals surface area contributed by atoms with E-state index in [1.807, 2.05) is 0 Å².